The second-order valence-corrected chi connectivity index (χ2v) is 7.98. The van der Waals surface area contributed by atoms with Gasteiger partial charge in [0, 0.05) is 23.4 Å². The molecule has 1 atom stereocenters. The molecule has 0 N–H and O–H groups in total. The SMILES string of the molecule is CCn1c(SCc2cccc(C)c2)nnc1C(C)Oc1cc(Cl)ccc1Cl. The number of hydrogen-bond acceptors (Lipinski definition) is 4. The highest BCUT2D eigenvalue weighted by Crippen LogP contribution is 2.32. The van der Waals surface area contributed by atoms with Crippen molar-refractivity contribution in [2.75, 3.05) is 0 Å². The van der Waals surface area contributed by atoms with Gasteiger partial charge in [-0.2, -0.15) is 0 Å². The molecule has 0 amide bonds. The predicted molar refractivity (Wildman–Crippen MR) is 112 cm³/mol. The third-order valence-corrected chi connectivity index (χ3v) is 5.66. The lowest BCUT2D eigenvalue weighted by Gasteiger charge is -2.16. The van der Waals surface area contributed by atoms with E-state index in [0.29, 0.717) is 15.8 Å². The standard InChI is InChI=1S/C20H21Cl2N3OS/c1-4-25-19(14(3)26-18-11-16(21)8-9-17(18)22)23-24-20(25)27-12-15-7-5-6-13(2)10-15/h5-11,14H,4,12H2,1-3H3. The zero-order chi connectivity index (χ0) is 19.4. The van der Waals surface area contributed by atoms with Gasteiger partial charge in [0.25, 0.3) is 0 Å². The fourth-order valence-corrected chi connectivity index (χ4v) is 4.04. The molecule has 0 spiro atoms. The van der Waals surface area contributed by atoms with Crippen LogP contribution in [0.5, 0.6) is 5.75 Å². The number of benzene rings is 2. The molecule has 0 saturated heterocycles. The second-order valence-electron chi connectivity index (χ2n) is 6.20. The summed E-state index contributed by atoms with van der Waals surface area (Å²) in [5.74, 6) is 2.14. The first-order valence-electron chi connectivity index (χ1n) is 8.71. The van der Waals surface area contributed by atoms with E-state index in [1.165, 1.54) is 11.1 Å². The highest BCUT2D eigenvalue weighted by molar-refractivity contribution is 7.98. The smallest absolute Gasteiger partial charge is 0.191 e. The second kappa shape index (κ2) is 9.00. The molecule has 0 aliphatic heterocycles. The van der Waals surface area contributed by atoms with E-state index in [1.807, 2.05) is 6.92 Å². The van der Waals surface area contributed by atoms with Crippen molar-refractivity contribution in [2.24, 2.45) is 0 Å². The fourth-order valence-electron chi connectivity index (χ4n) is 2.77. The highest BCUT2D eigenvalue weighted by Gasteiger charge is 2.19. The van der Waals surface area contributed by atoms with Gasteiger partial charge >= 0.3 is 0 Å². The number of thioether (sulfide) groups is 1. The first kappa shape index (κ1) is 20.1. The van der Waals surface area contributed by atoms with Crippen molar-refractivity contribution in [2.45, 2.75) is 44.3 Å². The number of aromatic nitrogens is 3. The molecule has 142 valence electrons. The van der Waals surface area contributed by atoms with Crippen molar-refractivity contribution < 1.29 is 4.74 Å². The van der Waals surface area contributed by atoms with Crippen LogP contribution < -0.4 is 4.74 Å². The van der Waals surface area contributed by atoms with Gasteiger partial charge in [-0.05, 0) is 38.5 Å². The molecule has 0 fully saturated rings. The third kappa shape index (κ3) is 4.98. The summed E-state index contributed by atoms with van der Waals surface area (Å²) in [5, 5.41) is 10.7. The van der Waals surface area contributed by atoms with E-state index in [0.717, 1.165) is 23.3 Å². The largest absolute Gasteiger partial charge is 0.481 e. The summed E-state index contributed by atoms with van der Waals surface area (Å²) < 4.78 is 8.07. The average Bonchev–Trinajstić information content (AvgIpc) is 3.06. The Kier molecular flexibility index (Phi) is 6.68. The Morgan fingerprint density at radius 2 is 1.96 bits per heavy atom. The molecule has 0 saturated carbocycles. The highest BCUT2D eigenvalue weighted by atomic mass is 35.5. The van der Waals surface area contributed by atoms with Crippen LogP contribution in [0.1, 0.15) is 36.9 Å². The lowest BCUT2D eigenvalue weighted by atomic mass is 10.2. The number of halogens is 2. The first-order chi connectivity index (χ1) is 13.0. The molecule has 0 aliphatic rings. The molecule has 1 unspecified atom stereocenters. The van der Waals surface area contributed by atoms with E-state index in [9.17, 15) is 0 Å². The van der Waals surface area contributed by atoms with Crippen molar-refractivity contribution in [1.82, 2.24) is 14.8 Å². The van der Waals surface area contributed by atoms with Gasteiger partial charge in [0.15, 0.2) is 17.1 Å². The number of nitrogens with zero attached hydrogens (tertiary/aromatic N) is 3. The molecule has 2 aromatic carbocycles. The Hall–Kier alpha value is -1.69. The van der Waals surface area contributed by atoms with Gasteiger partial charge in [-0.15, -0.1) is 10.2 Å². The van der Waals surface area contributed by atoms with Crippen LogP contribution in [0.2, 0.25) is 10.0 Å². The van der Waals surface area contributed by atoms with Gasteiger partial charge in [-0.3, -0.25) is 0 Å². The molecule has 0 aliphatic carbocycles. The van der Waals surface area contributed by atoms with Crippen LogP contribution in [-0.2, 0) is 12.3 Å². The van der Waals surface area contributed by atoms with Gasteiger partial charge in [0.1, 0.15) is 5.75 Å². The Bertz CT molecular complexity index is 929. The minimum Gasteiger partial charge on any atom is -0.481 e. The molecule has 3 aromatic rings. The number of rotatable bonds is 7. The molecule has 4 nitrogen and oxygen atoms in total. The Balaban J connectivity index is 1.75. The topological polar surface area (TPSA) is 39.9 Å². The van der Waals surface area contributed by atoms with E-state index >= 15 is 0 Å². The van der Waals surface area contributed by atoms with Gasteiger partial charge in [-0.1, -0.05) is 64.8 Å². The lowest BCUT2D eigenvalue weighted by molar-refractivity contribution is 0.210. The maximum atomic E-state index is 6.21. The first-order valence-corrected chi connectivity index (χ1v) is 10.4. The van der Waals surface area contributed by atoms with Crippen molar-refractivity contribution in [3.05, 3.63) is 69.5 Å². The molecule has 1 aromatic heterocycles. The maximum absolute atomic E-state index is 6.21. The van der Waals surface area contributed by atoms with Gasteiger partial charge in [-0.25, -0.2) is 0 Å². The molecule has 3 rings (SSSR count). The van der Waals surface area contributed by atoms with Crippen LogP contribution in [0.4, 0.5) is 0 Å². The van der Waals surface area contributed by atoms with Crippen LogP contribution >= 0.6 is 35.0 Å². The zero-order valence-electron chi connectivity index (χ0n) is 15.4. The summed E-state index contributed by atoms with van der Waals surface area (Å²) in [4.78, 5) is 0. The quantitative estimate of drug-likeness (QED) is 0.416. The Morgan fingerprint density at radius 3 is 2.70 bits per heavy atom. The van der Waals surface area contributed by atoms with Crippen molar-refractivity contribution in [3.63, 3.8) is 0 Å². The van der Waals surface area contributed by atoms with E-state index < -0.39 is 0 Å². The summed E-state index contributed by atoms with van der Waals surface area (Å²) in [7, 11) is 0. The summed E-state index contributed by atoms with van der Waals surface area (Å²) in [6.45, 7) is 6.86. The van der Waals surface area contributed by atoms with Crippen molar-refractivity contribution in [1.29, 1.82) is 0 Å². The maximum Gasteiger partial charge on any atom is 0.191 e. The predicted octanol–water partition coefficient (Wildman–Crippen LogP) is 6.35. The molecular formula is C20H21Cl2N3OS. The van der Waals surface area contributed by atoms with E-state index in [-0.39, 0.29) is 6.10 Å². The molecule has 0 radical (unpaired) electrons. The average molecular weight is 422 g/mol. The monoisotopic (exact) mass is 421 g/mol. The van der Waals surface area contributed by atoms with Gasteiger partial charge in [0.05, 0.1) is 5.02 Å². The molecule has 27 heavy (non-hydrogen) atoms. The van der Waals surface area contributed by atoms with Gasteiger partial charge in [0.2, 0.25) is 0 Å². The summed E-state index contributed by atoms with van der Waals surface area (Å²) in [6, 6.07) is 13.6. The summed E-state index contributed by atoms with van der Waals surface area (Å²) in [6.07, 6.45) is -0.304. The van der Waals surface area contributed by atoms with Gasteiger partial charge < -0.3 is 9.30 Å². The third-order valence-electron chi connectivity index (χ3n) is 4.07. The fraction of sp³-hybridized carbons (Fsp3) is 0.300. The molecule has 0 bridgehead atoms. The van der Waals surface area contributed by atoms with E-state index in [2.05, 4.69) is 52.9 Å². The summed E-state index contributed by atoms with van der Waals surface area (Å²) >= 11 is 13.9. The lowest BCUT2D eigenvalue weighted by Crippen LogP contribution is -2.12. The minimum absolute atomic E-state index is 0.304. The normalized spacial score (nSPS) is 12.2. The van der Waals surface area contributed by atoms with Crippen molar-refractivity contribution >= 4 is 35.0 Å². The number of aryl methyl sites for hydroxylation is 1. The molecule has 1 heterocycles. The van der Waals surface area contributed by atoms with Crippen LogP contribution in [0.15, 0.2) is 47.6 Å². The van der Waals surface area contributed by atoms with Crippen LogP contribution in [0.3, 0.4) is 0 Å². The minimum atomic E-state index is -0.304. The number of hydrogen-bond donors (Lipinski definition) is 0. The Labute approximate surface area is 173 Å². The molecule has 7 heteroatoms. The van der Waals surface area contributed by atoms with Crippen LogP contribution in [0.25, 0.3) is 0 Å². The molecular weight excluding hydrogens is 401 g/mol. The zero-order valence-corrected chi connectivity index (χ0v) is 17.8. The van der Waals surface area contributed by atoms with Crippen LogP contribution in [0, 0.1) is 6.92 Å². The van der Waals surface area contributed by atoms with Crippen LogP contribution in [-0.4, -0.2) is 14.8 Å². The number of ether oxygens (including phenoxy) is 1. The Morgan fingerprint density at radius 1 is 1.15 bits per heavy atom. The summed E-state index contributed by atoms with van der Waals surface area (Å²) in [5.41, 5.74) is 2.52. The van der Waals surface area contributed by atoms with E-state index in [4.69, 9.17) is 27.9 Å². The van der Waals surface area contributed by atoms with Crippen molar-refractivity contribution in [3.8, 4) is 5.75 Å². The van der Waals surface area contributed by atoms with E-state index in [1.54, 1.807) is 30.0 Å².